The average Bonchev–Trinajstić information content (AvgIpc) is 3.09. The SMILES string of the molecule is O=S(=O)(O)c1cccc(-c2nc3cc4ncoc4cc3o2)c1. The quantitative estimate of drug-likeness (QED) is 0.566. The Hall–Kier alpha value is -2.71. The van der Waals surface area contributed by atoms with E-state index in [1.807, 2.05) is 0 Å². The monoisotopic (exact) mass is 316 g/mol. The van der Waals surface area contributed by atoms with Gasteiger partial charge in [-0.25, -0.2) is 9.97 Å². The lowest BCUT2D eigenvalue weighted by Gasteiger charge is -1.99. The molecule has 110 valence electrons. The fourth-order valence-electron chi connectivity index (χ4n) is 2.19. The number of rotatable bonds is 2. The van der Waals surface area contributed by atoms with Gasteiger partial charge in [0, 0.05) is 11.6 Å². The molecular formula is C14H8N2O5S. The molecule has 0 saturated heterocycles. The highest BCUT2D eigenvalue weighted by atomic mass is 32.2. The molecule has 22 heavy (non-hydrogen) atoms. The van der Waals surface area contributed by atoms with Gasteiger partial charge in [-0.15, -0.1) is 0 Å². The Morgan fingerprint density at radius 1 is 1.05 bits per heavy atom. The topological polar surface area (TPSA) is 106 Å². The second-order valence-corrected chi connectivity index (χ2v) is 6.08. The van der Waals surface area contributed by atoms with E-state index in [0.29, 0.717) is 27.8 Å². The molecule has 0 aliphatic heterocycles. The van der Waals surface area contributed by atoms with Gasteiger partial charge in [-0.05, 0) is 24.3 Å². The minimum Gasteiger partial charge on any atom is -0.443 e. The molecular weight excluding hydrogens is 308 g/mol. The summed E-state index contributed by atoms with van der Waals surface area (Å²) in [6.07, 6.45) is 1.33. The molecule has 0 saturated carbocycles. The highest BCUT2D eigenvalue weighted by Crippen LogP contribution is 2.28. The highest BCUT2D eigenvalue weighted by molar-refractivity contribution is 7.85. The molecule has 4 aromatic rings. The predicted octanol–water partition coefficient (Wildman–Crippen LogP) is 2.88. The first-order chi connectivity index (χ1) is 10.5. The molecule has 2 aromatic heterocycles. The number of hydrogen-bond acceptors (Lipinski definition) is 6. The lowest BCUT2D eigenvalue weighted by molar-refractivity contribution is 0.483. The zero-order chi connectivity index (χ0) is 15.3. The van der Waals surface area contributed by atoms with E-state index < -0.39 is 10.1 Å². The molecule has 2 aromatic carbocycles. The van der Waals surface area contributed by atoms with Gasteiger partial charge in [0.1, 0.15) is 11.0 Å². The van der Waals surface area contributed by atoms with Crippen LogP contribution in [0.2, 0.25) is 0 Å². The average molecular weight is 316 g/mol. The van der Waals surface area contributed by atoms with E-state index in [-0.39, 0.29) is 10.8 Å². The van der Waals surface area contributed by atoms with Crippen molar-refractivity contribution >= 4 is 32.3 Å². The number of benzene rings is 2. The molecule has 8 heteroatoms. The first-order valence-corrected chi connectivity index (χ1v) is 7.66. The Bertz CT molecular complexity index is 1060. The van der Waals surface area contributed by atoms with Crippen molar-refractivity contribution in [2.45, 2.75) is 4.90 Å². The molecule has 4 rings (SSSR count). The largest absolute Gasteiger partial charge is 0.443 e. The van der Waals surface area contributed by atoms with E-state index in [9.17, 15) is 8.42 Å². The summed E-state index contributed by atoms with van der Waals surface area (Å²) < 4.78 is 42.3. The van der Waals surface area contributed by atoms with E-state index in [2.05, 4.69) is 9.97 Å². The number of nitrogens with zero attached hydrogens (tertiary/aromatic N) is 2. The van der Waals surface area contributed by atoms with Gasteiger partial charge in [0.2, 0.25) is 5.89 Å². The van der Waals surface area contributed by atoms with E-state index in [1.165, 1.54) is 24.6 Å². The number of fused-ring (bicyclic) bond motifs is 2. The van der Waals surface area contributed by atoms with Crippen molar-refractivity contribution in [2.75, 3.05) is 0 Å². The molecule has 1 N–H and O–H groups in total. The molecule has 0 spiro atoms. The Morgan fingerprint density at radius 3 is 2.73 bits per heavy atom. The predicted molar refractivity (Wildman–Crippen MR) is 76.8 cm³/mol. The molecule has 0 unspecified atom stereocenters. The van der Waals surface area contributed by atoms with Crippen LogP contribution in [-0.2, 0) is 10.1 Å². The Morgan fingerprint density at radius 2 is 1.91 bits per heavy atom. The summed E-state index contributed by atoms with van der Waals surface area (Å²) in [7, 11) is -4.28. The first kappa shape index (κ1) is 13.0. The van der Waals surface area contributed by atoms with Gasteiger partial charge in [0.15, 0.2) is 17.6 Å². The second kappa shape index (κ2) is 4.39. The van der Waals surface area contributed by atoms with E-state index in [1.54, 1.807) is 18.2 Å². The number of aromatic nitrogens is 2. The van der Waals surface area contributed by atoms with Crippen LogP contribution < -0.4 is 0 Å². The van der Waals surface area contributed by atoms with E-state index >= 15 is 0 Å². The standard InChI is InChI=1S/C14H8N2O5S/c17-22(18,19)9-3-1-2-8(4-9)14-16-11-5-10-12(20-7-15-10)6-13(11)21-14/h1-7H,(H,17,18,19). The Balaban J connectivity index is 1.90. The number of oxazole rings is 2. The minimum atomic E-state index is -4.28. The molecule has 2 heterocycles. The van der Waals surface area contributed by atoms with Crippen molar-refractivity contribution in [3.8, 4) is 11.5 Å². The molecule has 0 radical (unpaired) electrons. The van der Waals surface area contributed by atoms with Crippen molar-refractivity contribution in [3.63, 3.8) is 0 Å². The fraction of sp³-hybridized carbons (Fsp3) is 0. The zero-order valence-electron chi connectivity index (χ0n) is 10.9. The third kappa shape index (κ3) is 2.05. The molecule has 0 amide bonds. The van der Waals surface area contributed by atoms with Gasteiger partial charge in [-0.1, -0.05) is 6.07 Å². The normalized spacial score (nSPS) is 12.2. The second-order valence-electron chi connectivity index (χ2n) is 4.66. The van der Waals surface area contributed by atoms with Crippen LogP contribution in [0.4, 0.5) is 0 Å². The van der Waals surface area contributed by atoms with Crippen molar-refractivity contribution < 1.29 is 21.8 Å². The molecule has 0 fully saturated rings. The highest BCUT2D eigenvalue weighted by Gasteiger charge is 2.14. The van der Waals surface area contributed by atoms with Gasteiger partial charge in [0.25, 0.3) is 10.1 Å². The van der Waals surface area contributed by atoms with E-state index in [4.69, 9.17) is 13.4 Å². The maximum atomic E-state index is 11.2. The minimum absolute atomic E-state index is 0.220. The van der Waals surface area contributed by atoms with Crippen LogP contribution in [0.3, 0.4) is 0 Å². The van der Waals surface area contributed by atoms with Crippen LogP contribution in [0.1, 0.15) is 0 Å². The summed E-state index contributed by atoms with van der Waals surface area (Å²) in [4.78, 5) is 8.13. The summed E-state index contributed by atoms with van der Waals surface area (Å²) in [6, 6.07) is 9.11. The van der Waals surface area contributed by atoms with Crippen molar-refractivity contribution in [2.24, 2.45) is 0 Å². The van der Waals surface area contributed by atoms with Gasteiger partial charge in [-0.3, -0.25) is 4.55 Å². The summed E-state index contributed by atoms with van der Waals surface area (Å²) in [5.41, 5.74) is 2.74. The van der Waals surface area contributed by atoms with Gasteiger partial charge in [0.05, 0.1) is 4.90 Å². The lowest BCUT2D eigenvalue weighted by atomic mass is 10.2. The zero-order valence-corrected chi connectivity index (χ0v) is 11.7. The van der Waals surface area contributed by atoms with Crippen molar-refractivity contribution in [1.82, 2.24) is 9.97 Å². The van der Waals surface area contributed by atoms with Gasteiger partial charge < -0.3 is 8.83 Å². The molecule has 0 aliphatic rings. The molecule has 0 aliphatic carbocycles. The van der Waals surface area contributed by atoms with Crippen LogP contribution in [0.15, 0.2) is 56.5 Å². The van der Waals surface area contributed by atoms with Crippen LogP contribution in [0.5, 0.6) is 0 Å². The molecule has 0 bridgehead atoms. The van der Waals surface area contributed by atoms with Crippen LogP contribution in [0.25, 0.3) is 33.7 Å². The first-order valence-electron chi connectivity index (χ1n) is 6.22. The van der Waals surface area contributed by atoms with Crippen LogP contribution in [0, 0.1) is 0 Å². The number of hydrogen-bond donors (Lipinski definition) is 1. The summed E-state index contributed by atoms with van der Waals surface area (Å²) in [6.45, 7) is 0. The summed E-state index contributed by atoms with van der Waals surface area (Å²) in [5, 5.41) is 0. The molecule has 0 atom stereocenters. The third-order valence-corrected chi connectivity index (χ3v) is 4.07. The maximum absolute atomic E-state index is 11.2. The van der Waals surface area contributed by atoms with E-state index in [0.717, 1.165) is 0 Å². The fourth-order valence-corrected chi connectivity index (χ4v) is 2.72. The summed E-state index contributed by atoms with van der Waals surface area (Å²) in [5.74, 6) is 0.244. The smallest absolute Gasteiger partial charge is 0.294 e. The Labute approximate surface area is 124 Å². The third-order valence-electron chi connectivity index (χ3n) is 3.22. The van der Waals surface area contributed by atoms with Crippen molar-refractivity contribution in [3.05, 3.63) is 42.8 Å². The lowest BCUT2D eigenvalue weighted by Crippen LogP contribution is -1.97. The van der Waals surface area contributed by atoms with Crippen LogP contribution >= 0.6 is 0 Å². The van der Waals surface area contributed by atoms with Gasteiger partial charge >= 0.3 is 0 Å². The Kier molecular flexibility index (Phi) is 2.59. The van der Waals surface area contributed by atoms with Crippen LogP contribution in [-0.4, -0.2) is 22.9 Å². The summed E-state index contributed by atoms with van der Waals surface area (Å²) >= 11 is 0. The maximum Gasteiger partial charge on any atom is 0.294 e. The van der Waals surface area contributed by atoms with Crippen molar-refractivity contribution in [1.29, 1.82) is 0 Å². The van der Waals surface area contributed by atoms with Gasteiger partial charge in [-0.2, -0.15) is 8.42 Å². The molecule has 7 nitrogen and oxygen atoms in total.